The first-order valence-corrected chi connectivity index (χ1v) is 11.3. The largest absolute Gasteiger partial charge is 0.494 e. The van der Waals surface area contributed by atoms with Gasteiger partial charge in [0.2, 0.25) is 5.91 Å². The number of hydrazone groups is 1. The number of benzene rings is 1. The SMILES string of the molecule is CC(C)CCOc1ccc(/C=N\NC(=O)C23CC4C[C@@](C)(C2)C[C@](C)(C4)C3)cc1. The number of rotatable bonds is 7. The Labute approximate surface area is 175 Å². The second-order valence-corrected chi connectivity index (χ2v) is 11.2. The number of amides is 1. The van der Waals surface area contributed by atoms with Crippen LogP contribution in [0.2, 0.25) is 0 Å². The van der Waals surface area contributed by atoms with Crippen molar-refractivity contribution < 1.29 is 9.53 Å². The van der Waals surface area contributed by atoms with Gasteiger partial charge in [0.15, 0.2) is 0 Å². The number of nitrogens with zero attached hydrogens (tertiary/aromatic N) is 1. The fourth-order valence-electron chi connectivity index (χ4n) is 7.05. The number of hydrogen-bond acceptors (Lipinski definition) is 3. The summed E-state index contributed by atoms with van der Waals surface area (Å²) in [5, 5.41) is 4.29. The highest BCUT2D eigenvalue weighted by atomic mass is 16.5. The molecule has 0 aliphatic heterocycles. The monoisotopic (exact) mass is 396 g/mol. The van der Waals surface area contributed by atoms with E-state index in [2.05, 4.69) is 38.2 Å². The topological polar surface area (TPSA) is 50.7 Å². The lowest BCUT2D eigenvalue weighted by atomic mass is 9.40. The highest BCUT2D eigenvalue weighted by Crippen LogP contribution is 2.69. The molecule has 1 aromatic rings. The van der Waals surface area contributed by atoms with Gasteiger partial charge in [0, 0.05) is 0 Å². The van der Waals surface area contributed by atoms with Crippen molar-refractivity contribution in [2.45, 2.75) is 72.6 Å². The van der Waals surface area contributed by atoms with Gasteiger partial charge in [0.1, 0.15) is 5.75 Å². The van der Waals surface area contributed by atoms with Gasteiger partial charge >= 0.3 is 0 Å². The molecule has 4 saturated carbocycles. The van der Waals surface area contributed by atoms with Gasteiger partial charge in [-0.25, -0.2) is 5.43 Å². The molecule has 4 nitrogen and oxygen atoms in total. The summed E-state index contributed by atoms with van der Waals surface area (Å²) in [5.74, 6) is 2.36. The number of ether oxygens (including phenoxy) is 1. The Kier molecular flexibility index (Phi) is 5.25. The molecule has 4 atom stereocenters. The van der Waals surface area contributed by atoms with Crippen LogP contribution in [0.1, 0.15) is 78.2 Å². The van der Waals surface area contributed by atoms with E-state index < -0.39 is 0 Å². The highest BCUT2D eigenvalue weighted by Gasteiger charge is 2.62. The molecule has 0 aromatic heterocycles. The van der Waals surface area contributed by atoms with E-state index in [-0.39, 0.29) is 11.3 Å². The predicted octanol–water partition coefficient (Wildman–Crippen LogP) is 5.56. The Morgan fingerprint density at radius 2 is 1.79 bits per heavy atom. The van der Waals surface area contributed by atoms with Gasteiger partial charge < -0.3 is 4.74 Å². The summed E-state index contributed by atoms with van der Waals surface area (Å²) in [5.41, 5.74) is 4.30. The van der Waals surface area contributed by atoms with Crippen LogP contribution in [-0.2, 0) is 4.79 Å². The van der Waals surface area contributed by atoms with Crippen LogP contribution in [0.5, 0.6) is 5.75 Å². The van der Waals surface area contributed by atoms with Gasteiger partial charge in [-0.05, 0) is 97.4 Å². The molecule has 1 aromatic carbocycles. The van der Waals surface area contributed by atoms with Crippen LogP contribution >= 0.6 is 0 Å². The molecule has 1 N–H and O–H groups in total. The minimum absolute atomic E-state index is 0.129. The Balaban J connectivity index is 1.34. The summed E-state index contributed by atoms with van der Waals surface area (Å²) in [4.78, 5) is 13.2. The third kappa shape index (κ3) is 4.36. The fourth-order valence-corrected chi connectivity index (χ4v) is 7.05. The van der Waals surface area contributed by atoms with E-state index in [1.807, 2.05) is 24.3 Å². The Morgan fingerprint density at radius 3 is 2.38 bits per heavy atom. The average molecular weight is 397 g/mol. The fraction of sp³-hybridized carbons (Fsp3) is 0.680. The quantitative estimate of drug-likeness (QED) is 0.485. The Morgan fingerprint density at radius 1 is 1.14 bits per heavy atom. The molecule has 0 heterocycles. The highest BCUT2D eigenvalue weighted by molar-refractivity contribution is 5.86. The normalized spacial score (nSPS) is 35.4. The van der Waals surface area contributed by atoms with Crippen LogP contribution in [-0.4, -0.2) is 18.7 Å². The molecule has 29 heavy (non-hydrogen) atoms. The molecule has 2 unspecified atom stereocenters. The van der Waals surface area contributed by atoms with Crippen molar-refractivity contribution in [1.82, 2.24) is 5.43 Å². The summed E-state index contributed by atoms with van der Waals surface area (Å²) in [7, 11) is 0. The van der Waals surface area contributed by atoms with E-state index in [0.717, 1.165) is 43.6 Å². The van der Waals surface area contributed by atoms with Crippen LogP contribution < -0.4 is 10.2 Å². The first-order chi connectivity index (χ1) is 13.7. The molecule has 158 valence electrons. The van der Waals surface area contributed by atoms with Crippen molar-refractivity contribution in [3.05, 3.63) is 29.8 Å². The maximum Gasteiger partial charge on any atom is 0.246 e. The lowest BCUT2D eigenvalue weighted by Gasteiger charge is -2.64. The number of carbonyl (C=O) groups is 1. The maximum atomic E-state index is 13.2. The number of hydrogen-bond donors (Lipinski definition) is 1. The van der Waals surface area contributed by atoms with Crippen molar-refractivity contribution in [2.75, 3.05) is 6.61 Å². The van der Waals surface area contributed by atoms with Crippen LogP contribution in [0, 0.1) is 28.1 Å². The zero-order chi connectivity index (χ0) is 20.7. The molecule has 4 heteroatoms. The lowest BCUT2D eigenvalue weighted by Crippen LogP contribution is -2.59. The third-order valence-electron chi connectivity index (χ3n) is 7.33. The minimum Gasteiger partial charge on any atom is -0.494 e. The van der Waals surface area contributed by atoms with E-state index >= 15 is 0 Å². The summed E-state index contributed by atoms with van der Waals surface area (Å²) in [6.07, 6.45) is 9.75. The Bertz CT molecular complexity index is 765. The molecule has 5 rings (SSSR count). The summed E-state index contributed by atoms with van der Waals surface area (Å²) in [6, 6.07) is 7.88. The second kappa shape index (κ2) is 7.45. The van der Waals surface area contributed by atoms with Crippen molar-refractivity contribution >= 4 is 12.1 Å². The van der Waals surface area contributed by atoms with Gasteiger partial charge in [-0.2, -0.15) is 5.10 Å². The first kappa shape index (κ1) is 20.4. The van der Waals surface area contributed by atoms with Crippen LogP contribution in [0.15, 0.2) is 29.4 Å². The average Bonchev–Trinajstić information content (AvgIpc) is 2.59. The standard InChI is InChI=1S/C25H36N2O2/c1-18(2)9-10-29-21-7-5-19(6-8-21)14-26-27-22(28)25-13-20-11-23(3,16-25)15-24(4,12-20)17-25/h5-8,14,18,20H,9-13,15-17H2,1-4H3,(H,27,28)/b26-14-/t20?,23-,24+,25?. The minimum atomic E-state index is -0.214. The molecule has 4 fully saturated rings. The molecule has 0 radical (unpaired) electrons. The molecule has 0 saturated heterocycles. The van der Waals surface area contributed by atoms with Gasteiger partial charge in [0.05, 0.1) is 18.2 Å². The van der Waals surface area contributed by atoms with E-state index in [0.29, 0.717) is 22.7 Å². The van der Waals surface area contributed by atoms with E-state index in [1.165, 1.54) is 19.3 Å². The maximum absolute atomic E-state index is 13.2. The molecule has 1 amide bonds. The van der Waals surface area contributed by atoms with Gasteiger partial charge in [-0.1, -0.05) is 27.7 Å². The van der Waals surface area contributed by atoms with Crippen LogP contribution in [0.25, 0.3) is 0 Å². The molecule has 4 aliphatic rings. The summed E-state index contributed by atoms with van der Waals surface area (Å²) >= 11 is 0. The smallest absolute Gasteiger partial charge is 0.246 e. The lowest BCUT2D eigenvalue weighted by molar-refractivity contribution is -0.170. The predicted molar refractivity (Wildman–Crippen MR) is 117 cm³/mol. The van der Waals surface area contributed by atoms with Crippen LogP contribution in [0.4, 0.5) is 0 Å². The van der Waals surface area contributed by atoms with Crippen molar-refractivity contribution in [2.24, 2.45) is 33.2 Å². The zero-order valence-electron chi connectivity index (χ0n) is 18.5. The van der Waals surface area contributed by atoms with Crippen molar-refractivity contribution in [1.29, 1.82) is 0 Å². The van der Waals surface area contributed by atoms with E-state index in [4.69, 9.17) is 4.74 Å². The van der Waals surface area contributed by atoms with Crippen LogP contribution in [0.3, 0.4) is 0 Å². The third-order valence-corrected chi connectivity index (χ3v) is 7.33. The second-order valence-electron chi connectivity index (χ2n) is 11.2. The van der Waals surface area contributed by atoms with E-state index in [9.17, 15) is 4.79 Å². The zero-order valence-corrected chi connectivity index (χ0v) is 18.5. The van der Waals surface area contributed by atoms with Crippen molar-refractivity contribution in [3.8, 4) is 5.75 Å². The number of carbonyl (C=O) groups excluding carboxylic acids is 1. The van der Waals surface area contributed by atoms with Crippen molar-refractivity contribution in [3.63, 3.8) is 0 Å². The molecule has 4 aliphatic carbocycles. The van der Waals surface area contributed by atoms with Gasteiger partial charge in [-0.3, -0.25) is 4.79 Å². The molecule has 0 spiro atoms. The van der Waals surface area contributed by atoms with Gasteiger partial charge in [0.25, 0.3) is 0 Å². The number of nitrogens with one attached hydrogen (secondary N) is 1. The summed E-state index contributed by atoms with van der Waals surface area (Å²) < 4.78 is 5.76. The summed E-state index contributed by atoms with van der Waals surface area (Å²) in [6.45, 7) is 9.92. The molecular weight excluding hydrogens is 360 g/mol. The van der Waals surface area contributed by atoms with Gasteiger partial charge in [-0.15, -0.1) is 0 Å². The first-order valence-electron chi connectivity index (χ1n) is 11.3. The molecule has 4 bridgehead atoms. The Hall–Kier alpha value is -1.84. The molecular formula is C25H36N2O2. The van der Waals surface area contributed by atoms with E-state index in [1.54, 1.807) is 6.21 Å².